The molecule has 156 valence electrons. The lowest BCUT2D eigenvalue weighted by molar-refractivity contribution is 0.0940. The molecule has 0 saturated heterocycles. The van der Waals surface area contributed by atoms with E-state index in [9.17, 15) is 9.18 Å². The molecule has 0 aliphatic heterocycles. The van der Waals surface area contributed by atoms with Gasteiger partial charge in [0.1, 0.15) is 17.7 Å². The van der Waals surface area contributed by atoms with Crippen molar-refractivity contribution in [3.05, 3.63) is 89.8 Å². The fourth-order valence-corrected chi connectivity index (χ4v) is 3.33. The van der Waals surface area contributed by atoms with Crippen LogP contribution in [0.3, 0.4) is 0 Å². The quantitative estimate of drug-likeness (QED) is 0.575. The lowest BCUT2D eigenvalue weighted by Gasteiger charge is -2.20. The number of halogens is 1. The summed E-state index contributed by atoms with van der Waals surface area (Å²) in [6.07, 6.45) is 5.63. The Hall–Kier alpha value is -3.61. The Labute approximate surface area is 175 Å². The van der Waals surface area contributed by atoms with Crippen LogP contribution in [-0.2, 0) is 13.5 Å². The first-order valence-corrected chi connectivity index (χ1v) is 9.37. The molecule has 3 rings (SSSR count). The zero-order valence-electron chi connectivity index (χ0n) is 17.2. The van der Waals surface area contributed by atoms with Gasteiger partial charge in [-0.2, -0.15) is 0 Å². The standard InChI is InChI=1S/C23H24FN3O3/c1-5-7-16-12-17(14-19(29-3)21(16)30-4)23(28)26-20(22-25-10-11-27(22)2)15-8-6-9-18(24)13-15/h5-6,8-14,20H,1,7H2,2-4H3,(H,26,28). The lowest BCUT2D eigenvalue weighted by atomic mass is 10.0. The van der Waals surface area contributed by atoms with Crippen molar-refractivity contribution in [2.45, 2.75) is 12.5 Å². The average molecular weight is 409 g/mol. The molecule has 30 heavy (non-hydrogen) atoms. The zero-order chi connectivity index (χ0) is 21.7. The minimum Gasteiger partial charge on any atom is -0.493 e. The molecule has 1 aromatic heterocycles. The Morgan fingerprint density at radius 2 is 2.10 bits per heavy atom. The summed E-state index contributed by atoms with van der Waals surface area (Å²) in [4.78, 5) is 17.5. The number of amides is 1. The fraction of sp³-hybridized carbons (Fsp3) is 0.217. The van der Waals surface area contributed by atoms with Crippen molar-refractivity contribution in [2.75, 3.05) is 14.2 Å². The number of aromatic nitrogens is 2. The molecule has 1 heterocycles. The molecule has 3 aromatic rings. The second-order valence-corrected chi connectivity index (χ2v) is 6.72. The van der Waals surface area contributed by atoms with E-state index in [1.807, 2.05) is 7.05 Å². The van der Waals surface area contributed by atoms with Crippen LogP contribution in [0.5, 0.6) is 11.5 Å². The second-order valence-electron chi connectivity index (χ2n) is 6.72. The van der Waals surface area contributed by atoms with E-state index in [4.69, 9.17) is 9.47 Å². The van der Waals surface area contributed by atoms with Gasteiger partial charge in [-0.15, -0.1) is 6.58 Å². The molecular weight excluding hydrogens is 385 g/mol. The Morgan fingerprint density at radius 3 is 2.70 bits per heavy atom. The molecule has 6 nitrogen and oxygen atoms in total. The number of ether oxygens (including phenoxy) is 2. The third-order valence-corrected chi connectivity index (χ3v) is 4.76. The van der Waals surface area contributed by atoms with Gasteiger partial charge in [0.2, 0.25) is 0 Å². The average Bonchev–Trinajstić information content (AvgIpc) is 3.16. The first kappa shape index (κ1) is 21.1. The Morgan fingerprint density at radius 1 is 1.30 bits per heavy atom. The highest BCUT2D eigenvalue weighted by molar-refractivity contribution is 5.95. The van der Waals surface area contributed by atoms with Crippen molar-refractivity contribution in [3.63, 3.8) is 0 Å². The molecule has 1 amide bonds. The minimum absolute atomic E-state index is 0.349. The van der Waals surface area contributed by atoms with Gasteiger partial charge in [0.15, 0.2) is 11.5 Å². The predicted molar refractivity (Wildman–Crippen MR) is 112 cm³/mol. The molecule has 0 aliphatic rings. The van der Waals surface area contributed by atoms with Gasteiger partial charge < -0.3 is 19.4 Å². The number of rotatable bonds is 8. The highest BCUT2D eigenvalue weighted by Gasteiger charge is 2.23. The summed E-state index contributed by atoms with van der Waals surface area (Å²) in [5.74, 6) is 0.848. The van der Waals surface area contributed by atoms with E-state index in [0.29, 0.717) is 34.9 Å². The van der Waals surface area contributed by atoms with Gasteiger partial charge in [-0.25, -0.2) is 9.37 Å². The fourth-order valence-electron chi connectivity index (χ4n) is 3.33. The second kappa shape index (κ2) is 9.26. The van der Waals surface area contributed by atoms with Crippen LogP contribution < -0.4 is 14.8 Å². The summed E-state index contributed by atoms with van der Waals surface area (Å²) >= 11 is 0. The van der Waals surface area contributed by atoms with Crippen LogP contribution in [0.15, 0.2) is 61.4 Å². The molecule has 0 spiro atoms. The molecule has 0 bridgehead atoms. The van der Waals surface area contributed by atoms with Crippen molar-refractivity contribution in [1.29, 1.82) is 0 Å². The summed E-state index contributed by atoms with van der Waals surface area (Å²) < 4.78 is 26.5. The monoisotopic (exact) mass is 409 g/mol. The Balaban J connectivity index is 2.01. The number of nitrogens with zero attached hydrogens (tertiary/aromatic N) is 2. The number of allylic oxidation sites excluding steroid dienone is 1. The molecule has 1 unspecified atom stereocenters. The summed E-state index contributed by atoms with van der Waals surface area (Å²) in [5, 5.41) is 2.97. The summed E-state index contributed by atoms with van der Waals surface area (Å²) in [6.45, 7) is 3.76. The number of benzene rings is 2. The van der Waals surface area contributed by atoms with Crippen LogP contribution in [0.25, 0.3) is 0 Å². The number of hydrogen-bond acceptors (Lipinski definition) is 4. The van der Waals surface area contributed by atoms with Crippen molar-refractivity contribution >= 4 is 5.91 Å². The molecule has 0 radical (unpaired) electrons. The molecule has 1 atom stereocenters. The van der Waals surface area contributed by atoms with E-state index in [2.05, 4.69) is 16.9 Å². The van der Waals surface area contributed by atoms with E-state index in [0.717, 1.165) is 5.56 Å². The van der Waals surface area contributed by atoms with Crippen molar-refractivity contribution < 1.29 is 18.7 Å². The van der Waals surface area contributed by atoms with Gasteiger partial charge in [0.25, 0.3) is 5.91 Å². The van der Waals surface area contributed by atoms with Crippen LogP contribution in [0.1, 0.15) is 33.4 Å². The molecule has 1 N–H and O–H groups in total. The molecule has 7 heteroatoms. The van der Waals surface area contributed by atoms with E-state index in [1.54, 1.807) is 54.4 Å². The van der Waals surface area contributed by atoms with Gasteiger partial charge in [-0.3, -0.25) is 4.79 Å². The van der Waals surface area contributed by atoms with Crippen molar-refractivity contribution in [1.82, 2.24) is 14.9 Å². The van der Waals surface area contributed by atoms with Crippen LogP contribution in [0, 0.1) is 5.82 Å². The number of carbonyl (C=O) groups excluding carboxylic acids is 1. The van der Waals surface area contributed by atoms with Crippen LogP contribution in [0.2, 0.25) is 0 Å². The SMILES string of the molecule is C=CCc1cc(C(=O)NC(c2cccc(F)c2)c2nccn2C)cc(OC)c1OC. The first-order valence-electron chi connectivity index (χ1n) is 9.37. The minimum atomic E-state index is -0.635. The molecule has 0 saturated carbocycles. The van der Waals surface area contributed by atoms with Crippen LogP contribution >= 0.6 is 0 Å². The van der Waals surface area contributed by atoms with E-state index in [-0.39, 0.29) is 11.7 Å². The number of methoxy groups -OCH3 is 2. The molecule has 0 aliphatic carbocycles. The lowest BCUT2D eigenvalue weighted by Crippen LogP contribution is -2.31. The van der Waals surface area contributed by atoms with Gasteiger partial charge in [0.05, 0.1) is 14.2 Å². The smallest absolute Gasteiger partial charge is 0.252 e. The number of hydrogen-bond donors (Lipinski definition) is 1. The molecular formula is C23H24FN3O3. The number of imidazole rings is 1. The third kappa shape index (κ3) is 4.35. The maximum absolute atomic E-state index is 13.9. The maximum Gasteiger partial charge on any atom is 0.252 e. The van der Waals surface area contributed by atoms with Crippen molar-refractivity contribution in [3.8, 4) is 11.5 Å². The largest absolute Gasteiger partial charge is 0.493 e. The number of carbonyl (C=O) groups is 1. The highest BCUT2D eigenvalue weighted by Crippen LogP contribution is 2.33. The van der Waals surface area contributed by atoms with Crippen molar-refractivity contribution in [2.24, 2.45) is 7.05 Å². The molecule has 2 aromatic carbocycles. The Kier molecular flexibility index (Phi) is 6.51. The van der Waals surface area contributed by atoms with E-state index in [1.165, 1.54) is 19.2 Å². The topological polar surface area (TPSA) is 65.4 Å². The summed E-state index contributed by atoms with van der Waals surface area (Å²) in [6, 6.07) is 8.81. The van der Waals surface area contributed by atoms with Crippen LogP contribution in [0.4, 0.5) is 4.39 Å². The highest BCUT2D eigenvalue weighted by atomic mass is 19.1. The zero-order valence-corrected chi connectivity index (χ0v) is 17.2. The van der Waals surface area contributed by atoms with E-state index < -0.39 is 6.04 Å². The van der Waals surface area contributed by atoms with Gasteiger partial charge in [0, 0.05) is 30.6 Å². The first-order chi connectivity index (χ1) is 14.5. The predicted octanol–water partition coefficient (Wildman–Crippen LogP) is 3.82. The number of nitrogens with one attached hydrogen (secondary N) is 1. The normalized spacial score (nSPS) is 11.6. The van der Waals surface area contributed by atoms with Gasteiger partial charge >= 0.3 is 0 Å². The van der Waals surface area contributed by atoms with Gasteiger partial charge in [-0.1, -0.05) is 18.2 Å². The summed E-state index contributed by atoms with van der Waals surface area (Å²) in [7, 11) is 4.88. The Bertz CT molecular complexity index is 1060. The van der Waals surface area contributed by atoms with Gasteiger partial charge in [-0.05, 0) is 36.2 Å². The maximum atomic E-state index is 13.9. The molecule has 0 fully saturated rings. The third-order valence-electron chi connectivity index (χ3n) is 4.76. The van der Waals surface area contributed by atoms with Crippen LogP contribution in [-0.4, -0.2) is 29.7 Å². The number of aryl methyl sites for hydroxylation is 1. The van der Waals surface area contributed by atoms with E-state index >= 15 is 0 Å². The summed E-state index contributed by atoms with van der Waals surface area (Å²) in [5.41, 5.74) is 1.75.